The molecule has 0 aromatic rings. The van der Waals surface area contributed by atoms with E-state index in [9.17, 15) is 8.42 Å². The van der Waals surface area contributed by atoms with E-state index >= 15 is 0 Å². The monoisotopic (exact) mass is 372 g/mol. The number of rotatable bonds is 12. The molecule has 0 radical (unpaired) electrons. The zero-order valence-electron chi connectivity index (χ0n) is 12.6. The fourth-order valence-electron chi connectivity index (χ4n) is 1.75. The SMILES string of the molecule is CCCCCCCCCCCCOS(=O)(=O)O.O=[SH](=O)O.[NaH]. The first-order valence-corrected chi connectivity index (χ1v) is 9.74. The van der Waals surface area contributed by atoms with E-state index in [0.717, 1.165) is 12.8 Å². The first-order valence-electron chi connectivity index (χ1n) is 7.24. The predicted molar refractivity (Wildman–Crippen MR) is 89.4 cm³/mol. The zero-order valence-corrected chi connectivity index (χ0v) is 14.3. The van der Waals surface area contributed by atoms with Gasteiger partial charge in [0.05, 0.1) is 6.61 Å². The van der Waals surface area contributed by atoms with Crippen LogP contribution in [0, 0.1) is 0 Å². The second-order valence-corrected chi connectivity index (χ2v) is 6.24. The van der Waals surface area contributed by atoms with Crippen molar-refractivity contribution in [3.63, 3.8) is 0 Å². The Labute approximate surface area is 158 Å². The zero-order chi connectivity index (χ0) is 16.6. The Kier molecular flexibility index (Phi) is 24.9. The van der Waals surface area contributed by atoms with Gasteiger partial charge in [0.1, 0.15) is 0 Å². The van der Waals surface area contributed by atoms with Gasteiger partial charge >= 0.3 is 40.0 Å². The van der Waals surface area contributed by atoms with Crippen molar-refractivity contribution in [2.75, 3.05) is 6.61 Å². The molecule has 0 saturated carbocycles. The molecule has 0 aliphatic heterocycles. The number of hydrogen-bond donors (Lipinski definition) is 3. The van der Waals surface area contributed by atoms with E-state index in [2.05, 4.69) is 11.1 Å². The summed E-state index contributed by atoms with van der Waals surface area (Å²) in [6.07, 6.45) is 11.9. The van der Waals surface area contributed by atoms with E-state index in [-0.39, 0.29) is 36.2 Å². The van der Waals surface area contributed by atoms with Gasteiger partial charge in [-0.3, -0.25) is 9.11 Å². The second kappa shape index (κ2) is 19.8. The summed E-state index contributed by atoms with van der Waals surface area (Å²) in [6.45, 7) is 2.31. The van der Waals surface area contributed by atoms with Gasteiger partial charge in [-0.2, -0.15) is 8.42 Å². The third kappa shape index (κ3) is 37.2. The Morgan fingerprint density at radius 1 is 0.864 bits per heavy atom. The van der Waals surface area contributed by atoms with E-state index in [0.29, 0.717) is 6.42 Å². The van der Waals surface area contributed by atoms with E-state index in [4.69, 9.17) is 17.5 Å². The van der Waals surface area contributed by atoms with E-state index in [1.54, 1.807) is 0 Å². The van der Waals surface area contributed by atoms with Gasteiger partial charge in [0, 0.05) is 0 Å². The summed E-state index contributed by atoms with van der Waals surface area (Å²) in [4.78, 5) is 0. The van der Waals surface area contributed by atoms with Gasteiger partial charge in [0.2, 0.25) is 0 Å². The predicted octanol–water partition coefficient (Wildman–Crippen LogP) is 2.15. The van der Waals surface area contributed by atoms with Gasteiger partial charge in [-0.15, -0.1) is 0 Å². The number of thiol groups is 1. The molecule has 0 heterocycles. The van der Waals surface area contributed by atoms with Crippen LogP contribution in [0.3, 0.4) is 0 Å². The minimum atomic E-state index is -4.23. The first-order chi connectivity index (χ1) is 9.79. The molecule has 0 unspecified atom stereocenters. The third-order valence-corrected chi connectivity index (χ3v) is 3.19. The van der Waals surface area contributed by atoms with E-state index < -0.39 is 21.4 Å². The molecule has 0 bridgehead atoms. The van der Waals surface area contributed by atoms with Crippen molar-refractivity contribution in [1.29, 1.82) is 0 Å². The summed E-state index contributed by atoms with van der Waals surface area (Å²) in [7, 11) is -7.35. The average Bonchev–Trinajstić information content (AvgIpc) is 2.34. The van der Waals surface area contributed by atoms with Crippen molar-refractivity contribution < 1.29 is 30.1 Å². The van der Waals surface area contributed by atoms with Gasteiger partial charge in [0.25, 0.3) is 11.0 Å². The molecular weight excluding hydrogens is 343 g/mol. The number of hydrogen-bond acceptors (Lipinski definition) is 5. The molecule has 0 spiro atoms. The summed E-state index contributed by atoms with van der Waals surface area (Å²) in [5.41, 5.74) is 0. The summed E-state index contributed by atoms with van der Waals surface area (Å²) < 4.78 is 57.2. The van der Waals surface area contributed by atoms with Crippen molar-refractivity contribution in [1.82, 2.24) is 0 Å². The van der Waals surface area contributed by atoms with Crippen molar-refractivity contribution in [2.45, 2.75) is 71.1 Å². The van der Waals surface area contributed by atoms with Crippen LogP contribution in [-0.4, -0.2) is 62.1 Å². The maximum atomic E-state index is 10.2. The molecule has 10 heteroatoms. The molecule has 0 atom stereocenters. The molecule has 0 aliphatic carbocycles. The Hall–Kier alpha value is 0.780. The molecule has 132 valence electrons. The maximum absolute atomic E-state index is 10.2. The normalized spacial score (nSPS) is 10.7. The first kappa shape index (κ1) is 27.6. The molecule has 0 rings (SSSR count). The molecule has 0 aromatic heterocycles. The summed E-state index contributed by atoms with van der Waals surface area (Å²) in [5, 5.41) is 0. The van der Waals surface area contributed by atoms with Crippen LogP contribution in [0.2, 0.25) is 0 Å². The quantitative estimate of drug-likeness (QED) is 0.208. The van der Waals surface area contributed by atoms with Crippen LogP contribution in [0.25, 0.3) is 0 Å². The van der Waals surface area contributed by atoms with Crippen LogP contribution >= 0.6 is 0 Å². The fraction of sp³-hybridized carbons (Fsp3) is 1.00. The minimum absolute atomic E-state index is 0. The Balaban J connectivity index is -0.000000640. The molecule has 0 fully saturated rings. The van der Waals surface area contributed by atoms with Crippen LogP contribution in [0.4, 0.5) is 0 Å². The molecule has 2 N–H and O–H groups in total. The van der Waals surface area contributed by atoms with Crippen molar-refractivity contribution in [3.8, 4) is 0 Å². The molecular formula is C12H29NaO7S2. The van der Waals surface area contributed by atoms with Gasteiger partial charge in [-0.05, 0) is 6.42 Å². The second-order valence-electron chi connectivity index (χ2n) is 4.67. The van der Waals surface area contributed by atoms with Gasteiger partial charge in [-0.25, -0.2) is 12.6 Å². The molecule has 0 aromatic carbocycles. The topological polar surface area (TPSA) is 118 Å². The molecule has 0 saturated heterocycles. The van der Waals surface area contributed by atoms with Crippen LogP contribution in [0.1, 0.15) is 71.1 Å². The van der Waals surface area contributed by atoms with Crippen LogP contribution in [-0.2, 0) is 25.6 Å². The Morgan fingerprint density at radius 2 is 1.18 bits per heavy atom. The molecule has 0 amide bonds. The van der Waals surface area contributed by atoms with Gasteiger partial charge in [0.15, 0.2) is 0 Å². The standard InChI is InChI=1S/C12H26O4S.Na.H2O3S.H/c1-2-3-4-5-6-7-8-9-10-11-12-16-17(13,14)15;;1-4(2)3;/h2-12H2,1H3,(H,13,14,15);;4H,(H,1,2,3);. The average molecular weight is 372 g/mol. The van der Waals surface area contributed by atoms with E-state index in [1.807, 2.05) is 0 Å². The van der Waals surface area contributed by atoms with Crippen molar-refractivity contribution in [3.05, 3.63) is 0 Å². The van der Waals surface area contributed by atoms with Crippen LogP contribution in [0.15, 0.2) is 0 Å². The Bertz CT molecular complexity index is 375. The van der Waals surface area contributed by atoms with Crippen LogP contribution in [0.5, 0.6) is 0 Å². The fourth-order valence-corrected chi connectivity index (χ4v) is 2.08. The number of unbranched alkanes of at least 4 members (excludes halogenated alkanes) is 9. The summed E-state index contributed by atoms with van der Waals surface area (Å²) in [5.74, 6) is 0. The van der Waals surface area contributed by atoms with Crippen molar-refractivity contribution >= 4 is 50.9 Å². The molecule has 7 nitrogen and oxygen atoms in total. The van der Waals surface area contributed by atoms with Crippen molar-refractivity contribution in [2.24, 2.45) is 0 Å². The van der Waals surface area contributed by atoms with Gasteiger partial charge in [-0.1, -0.05) is 64.7 Å². The Morgan fingerprint density at radius 3 is 1.50 bits per heavy atom. The summed E-state index contributed by atoms with van der Waals surface area (Å²) in [6, 6.07) is 0. The molecule has 22 heavy (non-hydrogen) atoms. The van der Waals surface area contributed by atoms with Gasteiger partial charge < -0.3 is 0 Å². The molecule has 0 aliphatic rings. The van der Waals surface area contributed by atoms with E-state index in [1.165, 1.54) is 44.9 Å². The third-order valence-electron chi connectivity index (χ3n) is 2.73. The van der Waals surface area contributed by atoms with Crippen LogP contribution < -0.4 is 0 Å². The summed E-state index contributed by atoms with van der Waals surface area (Å²) >= 11 is 0.